The number of thioether (sulfide) groups is 1. The summed E-state index contributed by atoms with van der Waals surface area (Å²) in [5, 5.41) is 15.1. The molecule has 1 unspecified atom stereocenters. The average Bonchev–Trinajstić information content (AvgIpc) is 3.38. The van der Waals surface area contributed by atoms with Gasteiger partial charge in [-0.25, -0.2) is 0 Å². The van der Waals surface area contributed by atoms with Crippen molar-refractivity contribution in [3.05, 3.63) is 96.1 Å². The molecule has 0 fully saturated rings. The van der Waals surface area contributed by atoms with E-state index in [1.165, 1.54) is 23.4 Å². The van der Waals surface area contributed by atoms with Gasteiger partial charge in [-0.1, -0.05) is 68.1 Å². The van der Waals surface area contributed by atoms with Crippen LogP contribution in [-0.4, -0.2) is 31.8 Å². The summed E-state index contributed by atoms with van der Waals surface area (Å²) in [6.07, 6.45) is 4.90. The van der Waals surface area contributed by atoms with Gasteiger partial charge in [0, 0.05) is 29.6 Å². The average molecular weight is 540 g/mol. The maximum Gasteiger partial charge on any atom is 0.248 e. The molecule has 0 saturated carbocycles. The zero-order valence-electron chi connectivity index (χ0n) is 22.4. The summed E-state index contributed by atoms with van der Waals surface area (Å²) in [7, 11) is 0. The molecule has 1 aromatic heterocycles. The van der Waals surface area contributed by atoms with Gasteiger partial charge in [0.15, 0.2) is 11.0 Å². The number of aromatic nitrogens is 3. The zero-order valence-corrected chi connectivity index (χ0v) is 23.2. The maximum atomic E-state index is 13.0. The predicted molar refractivity (Wildman–Crippen MR) is 160 cm³/mol. The summed E-state index contributed by atoms with van der Waals surface area (Å²) >= 11 is 1.42. The highest BCUT2D eigenvalue weighted by atomic mass is 32.2. The molecule has 0 aliphatic heterocycles. The Labute approximate surface area is 233 Å². The summed E-state index contributed by atoms with van der Waals surface area (Å²) in [5.41, 5.74) is 4.55. The first kappa shape index (κ1) is 27.9. The van der Waals surface area contributed by atoms with Gasteiger partial charge in [-0.15, -0.1) is 10.2 Å². The van der Waals surface area contributed by atoms with E-state index in [9.17, 15) is 9.59 Å². The molecule has 1 atom stereocenters. The quantitative estimate of drug-likeness (QED) is 0.164. The first-order valence-corrected chi connectivity index (χ1v) is 14.0. The number of anilines is 2. The highest BCUT2D eigenvalue weighted by Crippen LogP contribution is 2.29. The van der Waals surface area contributed by atoms with Crippen molar-refractivity contribution >= 4 is 41.0 Å². The molecule has 7 nitrogen and oxygen atoms in total. The van der Waals surface area contributed by atoms with Gasteiger partial charge < -0.3 is 15.2 Å². The second kappa shape index (κ2) is 13.6. The fraction of sp³-hybridized carbons (Fsp3) is 0.226. The summed E-state index contributed by atoms with van der Waals surface area (Å²) in [5.74, 6) is 0.458. The molecule has 200 valence electrons. The van der Waals surface area contributed by atoms with Crippen LogP contribution >= 0.6 is 11.8 Å². The molecular weight excluding hydrogens is 506 g/mol. The third kappa shape index (κ3) is 7.45. The molecule has 0 radical (unpaired) electrons. The standard InChI is InChI=1S/C31H33N5O2S/c1-4-22-12-17-26(18-13-22)33-30(38)27(5-2)39-31-35-34-29(36(31)6-3)24-15-19-25(20-16-24)32-28(37)21-14-23-10-8-7-9-11-23/h7-21,27H,4-6H2,1-3H3,(H,32,37)(H,33,38)/b21-14+. The smallest absolute Gasteiger partial charge is 0.248 e. The van der Waals surface area contributed by atoms with Crippen LogP contribution in [0.5, 0.6) is 0 Å². The van der Waals surface area contributed by atoms with Gasteiger partial charge in [0.25, 0.3) is 0 Å². The van der Waals surface area contributed by atoms with Crippen LogP contribution in [0.3, 0.4) is 0 Å². The molecule has 4 rings (SSSR count). The Morgan fingerprint density at radius 2 is 1.54 bits per heavy atom. The summed E-state index contributed by atoms with van der Waals surface area (Å²) in [6, 6.07) is 25.1. The largest absolute Gasteiger partial charge is 0.325 e. The monoisotopic (exact) mass is 539 g/mol. The lowest BCUT2D eigenvalue weighted by atomic mass is 10.1. The number of aryl methyl sites for hydroxylation is 1. The molecule has 3 aromatic carbocycles. The number of carbonyl (C=O) groups is 2. The van der Waals surface area contributed by atoms with E-state index in [1.54, 1.807) is 6.08 Å². The van der Waals surface area contributed by atoms with Crippen molar-refractivity contribution in [2.24, 2.45) is 0 Å². The minimum absolute atomic E-state index is 0.0552. The number of hydrogen-bond donors (Lipinski definition) is 2. The van der Waals surface area contributed by atoms with Crippen molar-refractivity contribution < 1.29 is 9.59 Å². The lowest BCUT2D eigenvalue weighted by molar-refractivity contribution is -0.115. The number of benzene rings is 3. The molecular formula is C31H33N5O2S. The van der Waals surface area contributed by atoms with E-state index in [2.05, 4.69) is 27.8 Å². The van der Waals surface area contributed by atoms with Gasteiger partial charge in [-0.3, -0.25) is 9.59 Å². The number of nitrogens with one attached hydrogen (secondary N) is 2. The van der Waals surface area contributed by atoms with Crippen LogP contribution in [0, 0.1) is 0 Å². The number of amides is 2. The van der Waals surface area contributed by atoms with Gasteiger partial charge in [-0.2, -0.15) is 0 Å². The first-order chi connectivity index (χ1) is 19.0. The minimum Gasteiger partial charge on any atom is -0.325 e. The molecule has 8 heteroatoms. The number of rotatable bonds is 11. The number of hydrogen-bond acceptors (Lipinski definition) is 5. The van der Waals surface area contributed by atoms with E-state index in [1.807, 2.05) is 97.3 Å². The Bertz CT molecular complexity index is 1410. The van der Waals surface area contributed by atoms with E-state index >= 15 is 0 Å². The predicted octanol–water partition coefficient (Wildman–Crippen LogP) is 6.69. The Morgan fingerprint density at radius 3 is 2.18 bits per heavy atom. The maximum absolute atomic E-state index is 13.0. The fourth-order valence-electron chi connectivity index (χ4n) is 3.99. The lowest BCUT2D eigenvalue weighted by Gasteiger charge is -2.15. The van der Waals surface area contributed by atoms with E-state index in [0.29, 0.717) is 29.6 Å². The Kier molecular flexibility index (Phi) is 9.69. The third-order valence-corrected chi connectivity index (χ3v) is 7.56. The molecule has 4 aromatic rings. The van der Waals surface area contributed by atoms with Crippen molar-refractivity contribution in [1.29, 1.82) is 0 Å². The number of carbonyl (C=O) groups excluding carboxylic acids is 2. The molecule has 0 saturated heterocycles. The van der Waals surface area contributed by atoms with Crippen LogP contribution in [0.25, 0.3) is 17.5 Å². The van der Waals surface area contributed by atoms with Crippen molar-refractivity contribution in [2.75, 3.05) is 10.6 Å². The van der Waals surface area contributed by atoms with Gasteiger partial charge in [0.2, 0.25) is 11.8 Å². The Morgan fingerprint density at radius 1 is 0.872 bits per heavy atom. The topological polar surface area (TPSA) is 88.9 Å². The van der Waals surface area contributed by atoms with Crippen LogP contribution in [0.4, 0.5) is 11.4 Å². The normalized spacial score (nSPS) is 11.9. The first-order valence-electron chi connectivity index (χ1n) is 13.1. The van der Waals surface area contributed by atoms with Crippen molar-refractivity contribution in [2.45, 2.75) is 50.6 Å². The van der Waals surface area contributed by atoms with Gasteiger partial charge in [0.05, 0.1) is 5.25 Å². The SMILES string of the molecule is CCc1ccc(NC(=O)C(CC)Sc2nnc(-c3ccc(NC(=O)/C=C/c4ccccc4)cc3)n2CC)cc1. The van der Waals surface area contributed by atoms with Gasteiger partial charge in [-0.05, 0) is 73.4 Å². The molecule has 0 aliphatic rings. The molecule has 2 N–H and O–H groups in total. The Hall–Kier alpha value is -4.17. The summed E-state index contributed by atoms with van der Waals surface area (Å²) in [6.45, 7) is 6.78. The lowest BCUT2D eigenvalue weighted by Crippen LogP contribution is -2.25. The second-order valence-corrected chi connectivity index (χ2v) is 10.1. The van der Waals surface area contributed by atoms with Crippen LogP contribution in [0.2, 0.25) is 0 Å². The van der Waals surface area contributed by atoms with Crippen molar-refractivity contribution in [3.63, 3.8) is 0 Å². The van der Waals surface area contributed by atoms with E-state index < -0.39 is 0 Å². The van der Waals surface area contributed by atoms with E-state index in [4.69, 9.17) is 0 Å². The van der Waals surface area contributed by atoms with Crippen LogP contribution in [0.1, 0.15) is 38.3 Å². The summed E-state index contributed by atoms with van der Waals surface area (Å²) in [4.78, 5) is 25.3. The van der Waals surface area contributed by atoms with E-state index in [-0.39, 0.29) is 17.1 Å². The highest BCUT2D eigenvalue weighted by Gasteiger charge is 2.23. The Balaban J connectivity index is 1.41. The highest BCUT2D eigenvalue weighted by molar-refractivity contribution is 8.00. The van der Waals surface area contributed by atoms with Gasteiger partial charge >= 0.3 is 0 Å². The minimum atomic E-state index is -0.306. The van der Waals surface area contributed by atoms with E-state index in [0.717, 1.165) is 23.2 Å². The van der Waals surface area contributed by atoms with Crippen LogP contribution in [-0.2, 0) is 22.6 Å². The molecule has 1 heterocycles. The van der Waals surface area contributed by atoms with Gasteiger partial charge in [0.1, 0.15) is 0 Å². The van der Waals surface area contributed by atoms with Crippen LogP contribution < -0.4 is 10.6 Å². The number of nitrogens with zero attached hydrogens (tertiary/aromatic N) is 3. The molecule has 2 amide bonds. The molecule has 0 spiro atoms. The molecule has 0 bridgehead atoms. The fourth-order valence-corrected chi connectivity index (χ4v) is 5.01. The molecule has 0 aliphatic carbocycles. The zero-order chi connectivity index (χ0) is 27.6. The molecule has 39 heavy (non-hydrogen) atoms. The van der Waals surface area contributed by atoms with Crippen LogP contribution in [0.15, 0.2) is 90.1 Å². The third-order valence-electron chi connectivity index (χ3n) is 6.21. The second-order valence-electron chi connectivity index (χ2n) is 8.92. The van der Waals surface area contributed by atoms with Crippen molar-refractivity contribution in [3.8, 4) is 11.4 Å². The summed E-state index contributed by atoms with van der Waals surface area (Å²) < 4.78 is 2.01. The van der Waals surface area contributed by atoms with Crippen molar-refractivity contribution in [1.82, 2.24) is 14.8 Å².